The van der Waals surface area contributed by atoms with E-state index in [9.17, 15) is 0 Å². The summed E-state index contributed by atoms with van der Waals surface area (Å²) >= 11 is 4.43. The topological polar surface area (TPSA) is 0 Å². The third kappa shape index (κ3) is 18.7. The summed E-state index contributed by atoms with van der Waals surface area (Å²) < 4.78 is 0. The van der Waals surface area contributed by atoms with Crippen molar-refractivity contribution in [2.45, 2.75) is 59.3 Å². The Morgan fingerprint density at radius 1 is 0.750 bits per heavy atom. The molecule has 0 fully saturated rings. The van der Waals surface area contributed by atoms with Gasteiger partial charge in [0.25, 0.3) is 0 Å². The monoisotopic (exact) mass is 514 g/mol. The van der Waals surface area contributed by atoms with Crippen LogP contribution in [0.1, 0.15) is 59.3 Å². The molecule has 0 aromatic heterocycles. The number of rotatable bonds is 9. The van der Waals surface area contributed by atoms with E-state index in [0.29, 0.717) is 7.92 Å². The molecule has 0 nitrogen and oxygen atoms in total. The second kappa shape index (κ2) is 19.7. The molecule has 0 saturated heterocycles. The molecule has 0 aliphatic carbocycles. The molecule has 0 aromatic rings. The average molecular weight is 515 g/mol. The van der Waals surface area contributed by atoms with Crippen LogP contribution in [0.3, 0.4) is 0 Å². The molecular formula is C12H27I2NiP. The maximum atomic E-state index is 2.31. The summed E-state index contributed by atoms with van der Waals surface area (Å²) in [6.07, 6.45) is 13.2. The number of unbranched alkanes of at least 4 members (excludes halogenated alkanes) is 3. The van der Waals surface area contributed by atoms with Crippen LogP contribution in [0.2, 0.25) is 0 Å². The number of halogens is 2. The van der Waals surface area contributed by atoms with Gasteiger partial charge in [-0.15, -0.1) is 7.92 Å². The van der Waals surface area contributed by atoms with Gasteiger partial charge in [0.15, 0.2) is 0 Å². The molecule has 0 aromatic carbocycles. The van der Waals surface area contributed by atoms with E-state index in [1.807, 2.05) is 0 Å². The van der Waals surface area contributed by atoms with E-state index in [1.54, 1.807) is 26.6 Å². The van der Waals surface area contributed by atoms with E-state index >= 15 is 0 Å². The first-order valence-corrected chi connectivity index (χ1v) is 14.6. The summed E-state index contributed by atoms with van der Waals surface area (Å²) in [5, 5.41) is 0. The van der Waals surface area contributed by atoms with Crippen LogP contribution in [-0.2, 0) is 8.07 Å². The van der Waals surface area contributed by atoms with Crippen LogP contribution in [0.5, 0.6) is 0 Å². The fourth-order valence-electron chi connectivity index (χ4n) is 1.48. The summed E-state index contributed by atoms with van der Waals surface area (Å²) in [6, 6.07) is 0. The maximum absolute atomic E-state index is 2.31. The van der Waals surface area contributed by atoms with E-state index in [4.69, 9.17) is 0 Å². The van der Waals surface area contributed by atoms with Crippen molar-refractivity contribution >= 4 is 48.9 Å². The Bertz CT molecular complexity index is 96.2. The third-order valence-electron chi connectivity index (χ3n) is 2.48. The van der Waals surface area contributed by atoms with Gasteiger partial charge in [0.1, 0.15) is 0 Å². The normalized spacial score (nSPS) is 10.4. The molecule has 16 heavy (non-hydrogen) atoms. The fraction of sp³-hybridized carbons (Fsp3) is 1.00. The van der Waals surface area contributed by atoms with Crippen LogP contribution in [0, 0.1) is 0 Å². The van der Waals surface area contributed by atoms with Crippen molar-refractivity contribution < 1.29 is 8.07 Å². The van der Waals surface area contributed by atoms with Gasteiger partial charge in [0.2, 0.25) is 0 Å². The van der Waals surface area contributed by atoms with Crippen LogP contribution < -0.4 is 0 Å². The zero-order valence-corrected chi connectivity index (χ0v) is 17.1. The Balaban J connectivity index is 0. The van der Waals surface area contributed by atoms with E-state index in [-0.39, 0.29) is 0 Å². The summed E-state index contributed by atoms with van der Waals surface area (Å²) in [6.45, 7) is 6.94. The molecule has 0 aliphatic heterocycles. The Morgan fingerprint density at radius 2 is 1.00 bits per heavy atom. The van der Waals surface area contributed by atoms with Gasteiger partial charge in [-0.3, -0.25) is 0 Å². The molecule has 0 rings (SSSR count). The molecule has 0 aliphatic rings. The Hall–Kier alpha value is 2.38. The summed E-state index contributed by atoms with van der Waals surface area (Å²) in [5.74, 6) is 0. The van der Waals surface area contributed by atoms with E-state index < -0.39 is 0 Å². The Kier molecular flexibility index (Phi) is 25.5. The molecular weight excluding hydrogens is 488 g/mol. The van der Waals surface area contributed by atoms with Gasteiger partial charge in [0.05, 0.1) is 0 Å². The predicted octanol–water partition coefficient (Wildman–Crippen LogP) is 6.64. The molecule has 0 bridgehead atoms. The molecule has 0 unspecified atom stereocenters. The van der Waals surface area contributed by atoms with E-state index in [2.05, 4.69) is 61.7 Å². The van der Waals surface area contributed by atoms with Crippen LogP contribution >= 0.6 is 48.9 Å². The zero-order valence-electron chi connectivity index (χ0n) is 10.9. The van der Waals surface area contributed by atoms with Gasteiger partial charge in [-0.05, 0) is 37.7 Å². The molecule has 0 heterocycles. The van der Waals surface area contributed by atoms with Crippen molar-refractivity contribution in [2.24, 2.45) is 0 Å². The van der Waals surface area contributed by atoms with Gasteiger partial charge < -0.3 is 0 Å². The second-order valence-corrected chi connectivity index (χ2v) is 15.0. The minimum atomic E-state index is 0.422. The van der Waals surface area contributed by atoms with Crippen molar-refractivity contribution in [3.63, 3.8) is 0 Å². The Labute approximate surface area is 133 Å². The molecule has 0 radical (unpaired) electrons. The van der Waals surface area contributed by atoms with Gasteiger partial charge in [-0.25, -0.2) is 0 Å². The molecule has 104 valence electrons. The van der Waals surface area contributed by atoms with Crippen LogP contribution in [0.25, 0.3) is 0 Å². The van der Waals surface area contributed by atoms with Crippen molar-refractivity contribution in [1.29, 1.82) is 0 Å². The van der Waals surface area contributed by atoms with Crippen LogP contribution in [-0.4, -0.2) is 18.5 Å². The van der Waals surface area contributed by atoms with Gasteiger partial charge in [-0.2, -0.15) is 0 Å². The van der Waals surface area contributed by atoms with Crippen molar-refractivity contribution in [3.05, 3.63) is 0 Å². The first kappa shape index (κ1) is 20.7. The molecule has 0 spiro atoms. The van der Waals surface area contributed by atoms with Gasteiger partial charge in [0, 0.05) is 0 Å². The molecule has 0 amide bonds. The zero-order chi connectivity index (χ0) is 12.6. The third-order valence-corrected chi connectivity index (χ3v) is 5.33. The predicted molar refractivity (Wildman–Crippen MR) is 94.3 cm³/mol. The first-order chi connectivity index (χ1) is 7.76. The minimum absolute atomic E-state index is 0.422. The fourth-order valence-corrected chi connectivity index (χ4v) is 4.44. The van der Waals surface area contributed by atoms with Crippen LogP contribution in [0.15, 0.2) is 0 Å². The number of hydrogen-bond acceptors (Lipinski definition) is 0. The van der Waals surface area contributed by atoms with Crippen LogP contribution in [0.4, 0.5) is 0 Å². The van der Waals surface area contributed by atoms with Crippen molar-refractivity contribution in [2.75, 3.05) is 18.5 Å². The van der Waals surface area contributed by atoms with Gasteiger partial charge in [-0.1, -0.05) is 40.0 Å². The Morgan fingerprint density at radius 3 is 1.19 bits per heavy atom. The molecule has 0 N–H and O–H groups in total. The molecule has 0 saturated carbocycles. The molecule has 4 heteroatoms. The quantitative estimate of drug-likeness (QED) is 0.184. The summed E-state index contributed by atoms with van der Waals surface area (Å²) in [4.78, 5) is 0. The molecule has 0 atom stereocenters. The average Bonchev–Trinajstić information content (AvgIpc) is 2.29. The van der Waals surface area contributed by atoms with E-state index in [0.717, 1.165) is 0 Å². The van der Waals surface area contributed by atoms with E-state index in [1.165, 1.54) is 38.5 Å². The van der Waals surface area contributed by atoms with Gasteiger partial charge >= 0.3 is 49.0 Å². The summed E-state index contributed by atoms with van der Waals surface area (Å²) in [7, 11) is 1.99. The van der Waals surface area contributed by atoms with Crippen molar-refractivity contribution in [3.8, 4) is 0 Å². The summed E-state index contributed by atoms with van der Waals surface area (Å²) in [5.41, 5.74) is 0. The number of hydrogen-bond donors (Lipinski definition) is 0. The first-order valence-electron chi connectivity index (χ1n) is 6.31. The standard InChI is InChI=1S/C12H27P.2HI.Ni/c1-4-7-10-13(11-8-5-2)12-9-6-3;;;/h4-12H2,1-3H3;2*1H;/q;;;+2/p-2. The SMILES string of the molecule is CCCCP(CCCC)CCCC.[I][Ni][I]. The second-order valence-electron chi connectivity index (χ2n) is 3.95. The van der Waals surface area contributed by atoms with Crippen molar-refractivity contribution in [1.82, 2.24) is 0 Å².